The van der Waals surface area contributed by atoms with E-state index in [2.05, 4.69) is 20.9 Å². The molecule has 0 unspecified atom stereocenters. The molecule has 0 radical (unpaired) electrons. The van der Waals surface area contributed by atoms with Crippen LogP contribution in [0.1, 0.15) is 19.5 Å². The van der Waals surface area contributed by atoms with Gasteiger partial charge in [0.15, 0.2) is 0 Å². The SMILES string of the molecule is CC(C)(CO)Cc1ccc(Br)cn1. The third-order valence-electron chi connectivity index (χ3n) is 1.88. The van der Waals surface area contributed by atoms with Crippen molar-refractivity contribution in [2.45, 2.75) is 20.3 Å². The van der Waals surface area contributed by atoms with Crippen LogP contribution in [-0.2, 0) is 6.42 Å². The lowest BCUT2D eigenvalue weighted by Crippen LogP contribution is -2.20. The molecule has 1 heterocycles. The summed E-state index contributed by atoms with van der Waals surface area (Å²) in [6.45, 7) is 4.23. The van der Waals surface area contributed by atoms with Crippen molar-refractivity contribution in [2.75, 3.05) is 6.61 Å². The second kappa shape index (κ2) is 4.20. The molecule has 0 bridgehead atoms. The van der Waals surface area contributed by atoms with Gasteiger partial charge in [0.25, 0.3) is 0 Å². The van der Waals surface area contributed by atoms with E-state index < -0.39 is 0 Å². The molecule has 72 valence electrons. The summed E-state index contributed by atoms with van der Waals surface area (Å²) in [5.41, 5.74) is 0.933. The minimum atomic E-state index is -0.0825. The zero-order chi connectivity index (χ0) is 9.90. The highest BCUT2D eigenvalue weighted by Gasteiger charge is 2.17. The zero-order valence-corrected chi connectivity index (χ0v) is 9.50. The highest BCUT2D eigenvalue weighted by atomic mass is 79.9. The third kappa shape index (κ3) is 3.44. The quantitative estimate of drug-likeness (QED) is 0.885. The van der Waals surface area contributed by atoms with Gasteiger partial charge in [-0.2, -0.15) is 0 Å². The minimum Gasteiger partial charge on any atom is -0.396 e. The van der Waals surface area contributed by atoms with Crippen LogP contribution in [0.5, 0.6) is 0 Å². The first-order valence-corrected chi connectivity index (χ1v) is 5.04. The second-order valence-corrected chi connectivity index (χ2v) is 4.88. The van der Waals surface area contributed by atoms with Gasteiger partial charge in [0.05, 0.1) is 0 Å². The Kier molecular flexibility index (Phi) is 3.45. The van der Waals surface area contributed by atoms with Crippen molar-refractivity contribution in [3.8, 4) is 0 Å². The number of pyridine rings is 1. The fraction of sp³-hybridized carbons (Fsp3) is 0.500. The van der Waals surface area contributed by atoms with Gasteiger partial charge in [0.2, 0.25) is 0 Å². The number of hydrogen-bond donors (Lipinski definition) is 1. The Bertz CT molecular complexity index is 269. The van der Waals surface area contributed by atoms with Gasteiger partial charge < -0.3 is 5.11 Å². The molecule has 0 spiro atoms. The Balaban J connectivity index is 2.69. The van der Waals surface area contributed by atoms with E-state index >= 15 is 0 Å². The lowest BCUT2D eigenvalue weighted by atomic mass is 9.89. The fourth-order valence-electron chi connectivity index (χ4n) is 1.06. The predicted octanol–water partition coefficient (Wildman–Crippen LogP) is 2.41. The molecule has 1 rings (SSSR count). The second-order valence-electron chi connectivity index (χ2n) is 3.97. The van der Waals surface area contributed by atoms with E-state index in [1.54, 1.807) is 6.20 Å². The summed E-state index contributed by atoms with van der Waals surface area (Å²) >= 11 is 3.33. The summed E-state index contributed by atoms with van der Waals surface area (Å²) in [5, 5.41) is 9.07. The predicted molar refractivity (Wildman–Crippen MR) is 56.5 cm³/mol. The number of halogens is 1. The van der Waals surface area contributed by atoms with E-state index in [4.69, 9.17) is 5.11 Å². The van der Waals surface area contributed by atoms with Crippen LogP contribution in [0.25, 0.3) is 0 Å². The van der Waals surface area contributed by atoms with Crippen LogP contribution in [0.4, 0.5) is 0 Å². The van der Waals surface area contributed by atoms with Crippen LogP contribution in [0.2, 0.25) is 0 Å². The van der Waals surface area contributed by atoms with Crippen LogP contribution in [0, 0.1) is 5.41 Å². The van der Waals surface area contributed by atoms with Crippen molar-refractivity contribution in [2.24, 2.45) is 5.41 Å². The standard InChI is InChI=1S/C10H14BrNO/c1-10(2,7-13)5-9-4-3-8(11)6-12-9/h3-4,6,13H,5,7H2,1-2H3. The fourth-order valence-corrected chi connectivity index (χ4v) is 1.29. The molecule has 0 saturated heterocycles. The molecular formula is C10H14BrNO. The number of aromatic nitrogens is 1. The first-order chi connectivity index (χ1) is 6.03. The Morgan fingerprint density at radius 1 is 1.46 bits per heavy atom. The lowest BCUT2D eigenvalue weighted by Gasteiger charge is -2.20. The van der Waals surface area contributed by atoms with Gasteiger partial charge in [-0.15, -0.1) is 0 Å². The molecule has 0 saturated carbocycles. The summed E-state index contributed by atoms with van der Waals surface area (Å²) < 4.78 is 0.984. The Morgan fingerprint density at radius 2 is 2.15 bits per heavy atom. The van der Waals surface area contributed by atoms with Gasteiger partial charge in [0, 0.05) is 23.0 Å². The van der Waals surface area contributed by atoms with E-state index in [0.717, 1.165) is 16.6 Å². The van der Waals surface area contributed by atoms with Crippen molar-refractivity contribution in [1.82, 2.24) is 4.98 Å². The molecule has 13 heavy (non-hydrogen) atoms. The van der Waals surface area contributed by atoms with Gasteiger partial charge in [-0.25, -0.2) is 0 Å². The van der Waals surface area contributed by atoms with Crippen molar-refractivity contribution < 1.29 is 5.11 Å². The van der Waals surface area contributed by atoms with Gasteiger partial charge in [-0.1, -0.05) is 13.8 Å². The lowest BCUT2D eigenvalue weighted by molar-refractivity contribution is 0.158. The Labute approximate surface area is 87.1 Å². The molecule has 0 aliphatic rings. The van der Waals surface area contributed by atoms with Crippen molar-refractivity contribution >= 4 is 15.9 Å². The van der Waals surface area contributed by atoms with Crippen LogP contribution in [0.15, 0.2) is 22.8 Å². The summed E-state index contributed by atoms with van der Waals surface area (Å²) in [5.74, 6) is 0. The summed E-state index contributed by atoms with van der Waals surface area (Å²) in [6, 6.07) is 3.94. The molecular weight excluding hydrogens is 230 g/mol. The number of nitrogens with zero attached hydrogens (tertiary/aromatic N) is 1. The van der Waals surface area contributed by atoms with Gasteiger partial charge in [0.1, 0.15) is 0 Å². The van der Waals surface area contributed by atoms with Crippen molar-refractivity contribution in [3.63, 3.8) is 0 Å². The zero-order valence-electron chi connectivity index (χ0n) is 7.92. The van der Waals surface area contributed by atoms with Crippen LogP contribution in [0.3, 0.4) is 0 Å². The molecule has 0 aromatic carbocycles. The summed E-state index contributed by atoms with van der Waals surface area (Å²) in [4.78, 5) is 4.25. The average molecular weight is 244 g/mol. The largest absolute Gasteiger partial charge is 0.396 e. The van der Waals surface area contributed by atoms with E-state index in [0.29, 0.717) is 0 Å². The molecule has 0 amide bonds. The summed E-state index contributed by atoms with van der Waals surface area (Å²) in [7, 11) is 0. The normalized spacial score (nSPS) is 11.7. The molecule has 0 atom stereocenters. The van der Waals surface area contributed by atoms with Gasteiger partial charge >= 0.3 is 0 Å². The molecule has 1 aromatic rings. The van der Waals surface area contributed by atoms with Crippen LogP contribution >= 0.6 is 15.9 Å². The maximum Gasteiger partial charge on any atom is 0.0485 e. The molecule has 0 aliphatic carbocycles. The number of rotatable bonds is 3. The van der Waals surface area contributed by atoms with E-state index in [1.165, 1.54) is 0 Å². The Hall–Kier alpha value is -0.410. The monoisotopic (exact) mass is 243 g/mol. The van der Waals surface area contributed by atoms with Gasteiger partial charge in [-0.05, 0) is 39.9 Å². The van der Waals surface area contributed by atoms with Gasteiger partial charge in [-0.3, -0.25) is 4.98 Å². The Morgan fingerprint density at radius 3 is 2.62 bits per heavy atom. The number of hydrogen-bond acceptors (Lipinski definition) is 2. The first kappa shape index (κ1) is 10.7. The van der Waals surface area contributed by atoms with Crippen molar-refractivity contribution in [1.29, 1.82) is 0 Å². The smallest absolute Gasteiger partial charge is 0.0485 e. The molecule has 0 fully saturated rings. The molecule has 1 N–H and O–H groups in total. The molecule has 1 aromatic heterocycles. The maximum atomic E-state index is 9.07. The van der Waals surface area contributed by atoms with Crippen LogP contribution < -0.4 is 0 Å². The third-order valence-corrected chi connectivity index (χ3v) is 2.35. The highest BCUT2D eigenvalue weighted by molar-refractivity contribution is 9.10. The number of aliphatic hydroxyl groups is 1. The minimum absolute atomic E-state index is 0.0825. The topological polar surface area (TPSA) is 33.1 Å². The average Bonchev–Trinajstić information content (AvgIpc) is 2.09. The maximum absolute atomic E-state index is 9.07. The van der Waals surface area contributed by atoms with Crippen LogP contribution in [-0.4, -0.2) is 16.7 Å². The summed E-state index contributed by atoms with van der Waals surface area (Å²) in [6.07, 6.45) is 2.58. The van der Waals surface area contributed by atoms with E-state index in [1.807, 2.05) is 26.0 Å². The van der Waals surface area contributed by atoms with Crippen molar-refractivity contribution in [3.05, 3.63) is 28.5 Å². The molecule has 3 heteroatoms. The first-order valence-electron chi connectivity index (χ1n) is 4.25. The highest BCUT2D eigenvalue weighted by Crippen LogP contribution is 2.20. The van der Waals surface area contributed by atoms with E-state index in [9.17, 15) is 0 Å². The van der Waals surface area contributed by atoms with E-state index in [-0.39, 0.29) is 12.0 Å². The molecule has 0 aliphatic heterocycles. The molecule has 2 nitrogen and oxygen atoms in total. The number of aliphatic hydroxyl groups excluding tert-OH is 1.